The van der Waals surface area contributed by atoms with Crippen LogP contribution in [0.25, 0.3) is 0 Å². The molecule has 0 aliphatic heterocycles. The maximum atomic E-state index is 11.6. The van der Waals surface area contributed by atoms with Gasteiger partial charge >= 0.3 is 128 Å². The number of hydrogen-bond acceptors (Lipinski definition) is 4. The molecule has 0 bridgehead atoms. The summed E-state index contributed by atoms with van der Waals surface area (Å²) in [6.07, 6.45) is 0. The molecule has 2 rings (SSSR count). The predicted molar refractivity (Wildman–Crippen MR) is 81.4 cm³/mol. The number of carbonyl (C=O) groups is 2. The molecule has 0 atom stereocenters. The fourth-order valence-electron chi connectivity index (χ4n) is 1.88. The van der Waals surface area contributed by atoms with Gasteiger partial charge in [-0.15, -0.1) is 0 Å². The summed E-state index contributed by atoms with van der Waals surface area (Å²) >= 11 is -4.04. The van der Waals surface area contributed by atoms with Crippen LogP contribution in [0.1, 0.15) is 13.8 Å². The summed E-state index contributed by atoms with van der Waals surface area (Å²) in [6, 6.07) is 18.4. The second-order valence-corrected chi connectivity index (χ2v) is 10.8. The van der Waals surface area contributed by atoms with Crippen LogP contribution in [0.2, 0.25) is 0 Å². The Bertz CT molecular complexity index is 568. The van der Waals surface area contributed by atoms with E-state index >= 15 is 0 Å². The molecule has 0 amide bonds. The van der Waals surface area contributed by atoms with Crippen molar-refractivity contribution >= 4 is 38.2 Å². The zero-order valence-corrected chi connectivity index (χ0v) is 14.1. The van der Waals surface area contributed by atoms with Crippen molar-refractivity contribution in [1.29, 1.82) is 0 Å². The fourth-order valence-corrected chi connectivity index (χ4v) is 8.68. The van der Waals surface area contributed by atoms with Crippen LogP contribution in [0.15, 0.2) is 60.7 Å². The topological polar surface area (TPSA) is 52.6 Å². The van der Waals surface area contributed by atoms with Gasteiger partial charge in [0.15, 0.2) is 0 Å². The normalized spacial score (nSPS) is 11.5. The van der Waals surface area contributed by atoms with Gasteiger partial charge in [-0.05, 0) is 0 Å². The molecule has 0 heterocycles. The van der Waals surface area contributed by atoms with E-state index in [2.05, 4.69) is 0 Å². The SMILES string of the molecule is CC(=O)O[Te](OC(C)=O)(c1ccccc1)c1ccccc1. The predicted octanol–water partition coefficient (Wildman–Crippen LogP) is 1.37. The Morgan fingerprint density at radius 3 is 1.33 bits per heavy atom. The van der Waals surface area contributed by atoms with Crippen molar-refractivity contribution in [3.05, 3.63) is 60.7 Å². The molecule has 21 heavy (non-hydrogen) atoms. The summed E-state index contributed by atoms with van der Waals surface area (Å²) in [7, 11) is 0. The first-order valence-electron chi connectivity index (χ1n) is 6.38. The molecule has 4 nitrogen and oxygen atoms in total. The molecule has 2 aromatic rings. The Balaban J connectivity index is 2.64. The van der Waals surface area contributed by atoms with E-state index in [0.717, 1.165) is 7.22 Å². The van der Waals surface area contributed by atoms with Gasteiger partial charge in [-0.3, -0.25) is 0 Å². The first kappa shape index (κ1) is 15.6. The van der Waals surface area contributed by atoms with Gasteiger partial charge < -0.3 is 0 Å². The van der Waals surface area contributed by atoms with Gasteiger partial charge in [0.25, 0.3) is 0 Å². The van der Waals surface area contributed by atoms with E-state index in [9.17, 15) is 9.59 Å². The minimum absolute atomic E-state index is 0.454. The summed E-state index contributed by atoms with van der Waals surface area (Å²) in [6.45, 7) is 2.66. The van der Waals surface area contributed by atoms with Crippen molar-refractivity contribution in [1.82, 2.24) is 0 Å². The molecule has 0 fully saturated rings. The Hall–Kier alpha value is -1.83. The van der Waals surface area contributed by atoms with Crippen molar-refractivity contribution in [3.63, 3.8) is 0 Å². The molecule has 0 aliphatic carbocycles. The van der Waals surface area contributed by atoms with Crippen molar-refractivity contribution in [3.8, 4) is 0 Å². The van der Waals surface area contributed by atoms with Crippen LogP contribution < -0.4 is 7.22 Å². The van der Waals surface area contributed by atoms with E-state index in [0.29, 0.717) is 0 Å². The molecule has 2 aromatic carbocycles. The Morgan fingerprint density at radius 1 is 0.714 bits per heavy atom. The summed E-state index contributed by atoms with van der Waals surface area (Å²) < 4.78 is 12.8. The second kappa shape index (κ2) is 6.75. The van der Waals surface area contributed by atoms with Crippen LogP contribution in [-0.2, 0) is 15.8 Å². The molecule has 0 aliphatic rings. The number of carbonyl (C=O) groups excluding carboxylic acids is 2. The fraction of sp³-hybridized carbons (Fsp3) is 0.125. The van der Waals surface area contributed by atoms with Crippen molar-refractivity contribution in [2.75, 3.05) is 0 Å². The maximum absolute atomic E-state index is 11.6. The van der Waals surface area contributed by atoms with Gasteiger partial charge in [0, 0.05) is 0 Å². The second-order valence-electron chi connectivity index (χ2n) is 4.28. The molecule has 5 heteroatoms. The van der Waals surface area contributed by atoms with Gasteiger partial charge in [-0.25, -0.2) is 0 Å². The van der Waals surface area contributed by atoms with E-state index < -0.39 is 30.9 Å². The molecule has 0 saturated heterocycles. The van der Waals surface area contributed by atoms with E-state index in [-0.39, 0.29) is 0 Å². The van der Waals surface area contributed by atoms with E-state index in [1.165, 1.54) is 13.8 Å². The standard InChI is InChI=1S/C16H16O4Te/c1-13(17)19-21(20-14(2)18,15-9-5-3-6-10-15)16-11-7-4-8-12-16/h3-12H,1-2H3. The van der Waals surface area contributed by atoms with Crippen LogP contribution in [0.4, 0.5) is 0 Å². The van der Waals surface area contributed by atoms with Gasteiger partial charge in [0.05, 0.1) is 0 Å². The average Bonchev–Trinajstić information content (AvgIpc) is 2.47. The molecular formula is C16H16O4Te. The molecule has 0 saturated carbocycles. The molecule has 110 valence electrons. The molecule has 0 unspecified atom stereocenters. The third kappa shape index (κ3) is 3.63. The van der Waals surface area contributed by atoms with Crippen molar-refractivity contribution in [2.24, 2.45) is 0 Å². The van der Waals surface area contributed by atoms with Gasteiger partial charge in [0.1, 0.15) is 0 Å². The summed E-state index contributed by atoms with van der Waals surface area (Å²) in [4.78, 5) is 23.2. The van der Waals surface area contributed by atoms with Crippen LogP contribution in [0, 0.1) is 0 Å². The molecular weight excluding hydrogens is 384 g/mol. The van der Waals surface area contributed by atoms with E-state index in [4.69, 9.17) is 6.20 Å². The molecule has 0 spiro atoms. The third-order valence-electron chi connectivity index (χ3n) is 2.58. The van der Waals surface area contributed by atoms with Crippen LogP contribution in [-0.4, -0.2) is 30.9 Å². The Morgan fingerprint density at radius 2 is 1.05 bits per heavy atom. The van der Waals surface area contributed by atoms with Crippen molar-refractivity contribution in [2.45, 2.75) is 13.8 Å². The van der Waals surface area contributed by atoms with Crippen LogP contribution >= 0.6 is 0 Å². The molecule has 0 aromatic heterocycles. The van der Waals surface area contributed by atoms with Crippen LogP contribution in [0.5, 0.6) is 0 Å². The monoisotopic (exact) mass is 402 g/mol. The third-order valence-corrected chi connectivity index (χ3v) is 10.4. The first-order valence-corrected chi connectivity index (χ1v) is 10.6. The average molecular weight is 400 g/mol. The number of benzene rings is 2. The van der Waals surface area contributed by atoms with Gasteiger partial charge in [-0.1, -0.05) is 0 Å². The quantitative estimate of drug-likeness (QED) is 0.729. The van der Waals surface area contributed by atoms with Gasteiger partial charge in [0.2, 0.25) is 0 Å². The minimum atomic E-state index is -4.04. The van der Waals surface area contributed by atoms with Gasteiger partial charge in [-0.2, -0.15) is 0 Å². The zero-order chi connectivity index (χ0) is 15.3. The number of rotatable bonds is 4. The van der Waals surface area contributed by atoms with E-state index in [1.54, 1.807) is 0 Å². The summed E-state index contributed by atoms with van der Waals surface area (Å²) in [5.74, 6) is -0.907. The van der Waals surface area contributed by atoms with Crippen molar-refractivity contribution < 1.29 is 15.8 Å². The van der Waals surface area contributed by atoms with E-state index in [1.807, 2.05) is 60.7 Å². The molecule has 0 radical (unpaired) electrons. The Kier molecular flexibility index (Phi) is 5.00. The molecule has 0 N–H and O–H groups in total. The first-order chi connectivity index (χ1) is 10.0. The summed E-state index contributed by atoms with van der Waals surface area (Å²) in [5, 5.41) is 0. The zero-order valence-electron chi connectivity index (χ0n) is 11.8. The van der Waals surface area contributed by atoms with Crippen LogP contribution in [0.3, 0.4) is 0 Å². The number of hydrogen-bond donors (Lipinski definition) is 0. The Labute approximate surface area is 128 Å². The summed E-state index contributed by atoms with van der Waals surface area (Å²) in [5.41, 5.74) is 0.